The van der Waals surface area contributed by atoms with Crippen molar-refractivity contribution in [3.8, 4) is 0 Å². The summed E-state index contributed by atoms with van der Waals surface area (Å²) in [7, 11) is 0. The molecule has 1 heterocycles. The molecule has 6 rings (SSSR count). The number of fused-ring (bicyclic) bond motifs is 5. The monoisotopic (exact) mass is 849 g/mol. The van der Waals surface area contributed by atoms with Gasteiger partial charge in [-0.25, -0.2) is 14.4 Å². The molecule has 2 aromatic rings. The average Bonchev–Trinajstić information content (AvgIpc) is 3.17. The van der Waals surface area contributed by atoms with E-state index < -0.39 is 118 Å². The van der Waals surface area contributed by atoms with Crippen LogP contribution in [0, 0.1) is 16.7 Å². The van der Waals surface area contributed by atoms with Crippen molar-refractivity contribution in [1.82, 2.24) is 5.32 Å². The van der Waals surface area contributed by atoms with Crippen LogP contribution in [0.15, 0.2) is 71.8 Å². The number of ketones is 1. The molecule has 2 aromatic carbocycles. The quantitative estimate of drug-likeness (QED) is 0.160. The van der Waals surface area contributed by atoms with Gasteiger partial charge in [0.1, 0.15) is 29.5 Å². The van der Waals surface area contributed by atoms with Gasteiger partial charge in [-0.1, -0.05) is 62.4 Å². The van der Waals surface area contributed by atoms with Gasteiger partial charge in [-0.15, -0.1) is 0 Å². The Morgan fingerprint density at radius 1 is 0.902 bits per heavy atom. The number of rotatable bonds is 9. The Balaban J connectivity index is 1.54. The van der Waals surface area contributed by atoms with Crippen LogP contribution in [0.2, 0.25) is 0 Å². The molecule has 1 amide bonds. The van der Waals surface area contributed by atoms with Gasteiger partial charge in [0.15, 0.2) is 23.6 Å². The first-order valence-electron chi connectivity index (χ1n) is 20.2. The topological polar surface area (TPSA) is 231 Å². The summed E-state index contributed by atoms with van der Waals surface area (Å²) >= 11 is 0. The van der Waals surface area contributed by atoms with Crippen LogP contribution in [-0.2, 0) is 47.6 Å². The van der Waals surface area contributed by atoms with Crippen molar-refractivity contribution in [3.63, 3.8) is 0 Å². The molecule has 3 aliphatic carbocycles. The molecule has 2 saturated carbocycles. The highest BCUT2D eigenvalue weighted by Gasteiger charge is 2.78. The number of hydrogen-bond acceptors (Lipinski definition) is 15. The molecule has 0 unspecified atom stereocenters. The van der Waals surface area contributed by atoms with E-state index in [1.165, 1.54) is 26.0 Å². The molecular formula is C45H55NO15. The molecule has 1 aliphatic heterocycles. The zero-order valence-electron chi connectivity index (χ0n) is 35.8. The number of carbonyl (C=O) groups excluding carboxylic acids is 6. The van der Waals surface area contributed by atoms with E-state index in [9.17, 15) is 39.3 Å². The van der Waals surface area contributed by atoms with E-state index in [2.05, 4.69) is 5.32 Å². The maximum atomic E-state index is 15.5. The number of ether oxygens (including phenoxy) is 6. The number of hydrogen-bond donors (Lipinski definition) is 4. The second kappa shape index (κ2) is 16.3. The summed E-state index contributed by atoms with van der Waals surface area (Å²) < 4.78 is 35.6. The van der Waals surface area contributed by atoms with Crippen LogP contribution in [0.3, 0.4) is 0 Å². The molecule has 11 atom stereocenters. The van der Waals surface area contributed by atoms with E-state index in [0.29, 0.717) is 5.56 Å². The molecule has 61 heavy (non-hydrogen) atoms. The summed E-state index contributed by atoms with van der Waals surface area (Å²) in [5.74, 6) is -6.30. The van der Waals surface area contributed by atoms with Crippen molar-refractivity contribution < 1.29 is 72.5 Å². The number of alkyl carbamates (subject to hydrolysis) is 1. The first kappa shape index (κ1) is 45.4. The lowest BCUT2D eigenvalue weighted by Crippen LogP contribution is -2.82. The lowest BCUT2D eigenvalue weighted by atomic mass is 9.44. The van der Waals surface area contributed by atoms with Gasteiger partial charge in [0, 0.05) is 32.1 Å². The lowest BCUT2D eigenvalue weighted by molar-refractivity contribution is -0.346. The normalized spacial score (nSPS) is 32.5. The van der Waals surface area contributed by atoms with Crippen molar-refractivity contribution in [1.29, 1.82) is 0 Å². The standard InChI is InChI=1S/C45H55NO15/c1-23-28(58-39(53)33(50)32(26-16-12-10-13-17-26)46-40(54)61-41(4,5)6)21-45(55)37(59-38(52)27-18-14-11-15-19-27)35-43(9,29(49)20-30-44(35,22-56-30)60-25(3)48)36(51)34(57-24(2)47)31(23)42(45,7)8/h10-19,28-30,32-35,37,49-50,55H,20-22H2,1-9H3,(H,46,54)/t28-,29-,30+,32+,33-,34+,35-,37-,43+,44-,45+/m0/s1. The zero-order valence-corrected chi connectivity index (χ0v) is 35.8. The van der Waals surface area contributed by atoms with E-state index >= 15 is 4.79 Å². The Morgan fingerprint density at radius 2 is 1.51 bits per heavy atom. The molecular weight excluding hydrogens is 794 g/mol. The third-order valence-corrected chi connectivity index (χ3v) is 12.8. The van der Waals surface area contributed by atoms with E-state index in [0.717, 1.165) is 13.8 Å². The lowest BCUT2D eigenvalue weighted by Gasteiger charge is -2.67. The minimum atomic E-state index is -2.40. The minimum absolute atomic E-state index is 0.0126. The molecule has 330 valence electrons. The first-order valence-corrected chi connectivity index (χ1v) is 20.2. The Kier molecular flexibility index (Phi) is 12.1. The Morgan fingerprint density at radius 3 is 2.05 bits per heavy atom. The van der Waals surface area contributed by atoms with Crippen molar-refractivity contribution in [2.24, 2.45) is 16.7 Å². The minimum Gasteiger partial charge on any atom is -0.456 e. The van der Waals surface area contributed by atoms with Crippen LogP contribution in [0.4, 0.5) is 4.79 Å². The summed E-state index contributed by atoms with van der Waals surface area (Å²) in [6, 6.07) is 14.5. The number of amides is 1. The third-order valence-electron chi connectivity index (χ3n) is 12.8. The molecule has 16 nitrogen and oxygen atoms in total. The molecule has 4 aliphatic rings. The number of carbonyl (C=O) groups is 6. The number of Topliss-reactive ketones (excluding diaryl/α,β-unsaturated/α-hetero) is 1. The smallest absolute Gasteiger partial charge is 0.408 e. The van der Waals surface area contributed by atoms with Crippen molar-refractivity contribution in [2.75, 3.05) is 6.61 Å². The first-order chi connectivity index (χ1) is 28.4. The largest absolute Gasteiger partial charge is 0.456 e. The fourth-order valence-corrected chi connectivity index (χ4v) is 9.80. The maximum Gasteiger partial charge on any atom is 0.408 e. The van der Waals surface area contributed by atoms with Gasteiger partial charge in [0.2, 0.25) is 0 Å². The van der Waals surface area contributed by atoms with Crippen molar-refractivity contribution in [3.05, 3.63) is 82.9 Å². The predicted molar refractivity (Wildman–Crippen MR) is 213 cm³/mol. The SMILES string of the molecule is CC(=O)O[C@H]1C(=O)[C@@]2(C)[C@H]([C@H](OC(=O)c3ccccc3)[C@]3(O)C[C@H](OC(=O)[C@@H](O)[C@H](NC(=O)OC(C)(C)C)c4ccccc4)C(C)=C1C3(C)C)[C@]1(OC(C)=O)CO[C@@H]1C[C@@H]2O. The summed E-state index contributed by atoms with van der Waals surface area (Å²) in [6.45, 7) is 12.9. The molecule has 2 bridgehead atoms. The molecule has 16 heteroatoms. The van der Waals surface area contributed by atoms with Crippen LogP contribution in [0.25, 0.3) is 0 Å². The maximum absolute atomic E-state index is 15.5. The number of benzene rings is 2. The predicted octanol–water partition coefficient (Wildman–Crippen LogP) is 3.83. The molecule has 0 aromatic heterocycles. The van der Waals surface area contributed by atoms with Gasteiger partial charge in [-0.3, -0.25) is 14.4 Å². The highest BCUT2D eigenvalue weighted by atomic mass is 16.6. The second-order valence-corrected chi connectivity index (χ2v) is 18.2. The van der Waals surface area contributed by atoms with Crippen molar-refractivity contribution >= 4 is 35.8 Å². The van der Waals surface area contributed by atoms with Crippen LogP contribution in [0.1, 0.15) is 97.1 Å². The second-order valence-electron chi connectivity index (χ2n) is 18.2. The summed E-state index contributed by atoms with van der Waals surface area (Å²) in [5, 5.41) is 39.9. The van der Waals surface area contributed by atoms with E-state index in [-0.39, 0.29) is 29.7 Å². The number of aliphatic hydroxyl groups excluding tert-OH is 2. The van der Waals surface area contributed by atoms with Gasteiger partial charge in [-0.2, -0.15) is 0 Å². The van der Waals surface area contributed by atoms with Gasteiger partial charge < -0.3 is 49.1 Å². The van der Waals surface area contributed by atoms with Gasteiger partial charge >= 0.3 is 30.0 Å². The number of esters is 4. The summed E-state index contributed by atoms with van der Waals surface area (Å²) in [6.07, 6.45) is -11.5. The van der Waals surface area contributed by atoms with E-state index in [1.54, 1.807) is 83.1 Å². The summed E-state index contributed by atoms with van der Waals surface area (Å²) in [5.41, 5.74) is -8.30. The van der Waals surface area contributed by atoms with E-state index in [1.807, 2.05) is 0 Å². The molecule has 3 fully saturated rings. The fraction of sp³-hybridized carbons (Fsp3) is 0.556. The third kappa shape index (κ3) is 7.94. The molecule has 4 N–H and O–H groups in total. The Hall–Kier alpha value is -5.16. The highest BCUT2D eigenvalue weighted by molar-refractivity contribution is 5.95. The fourth-order valence-electron chi connectivity index (χ4n) is 9.80. The number of nitrogens with one attached hydrogen (secondary N) is 1. The average molecular weight is 850 g/mol. The molecule has 1 saturated heterocycles. The molecule has 0 radical (unpaired) electrons. The van der Waals surface area contributed by atoms with Crippen molar-refractivity contribution in [2.45, 2.75) is 135 Å². The van der Waals surface area contributed by atoms with Gasteiger partial charge in [0.05, 0.1) is 35.6 Å². The highest BCUT2D eigenvalue weighted by Crippen LogP contribution is 2.64. The van der Waals surface area contributed by atoms with Gasteiger partial charge in [-0.05, 0) is 63.5 Å². The van der Waals surface area contributed by atoms with E-state index in [4.69, 9.17) is 28.4 Å². The molecule has 0 spiro atoms. The summed E-state index contributed by atoms with van der Waals surface area (Å²) in [4.78, 5) is 82.9. The van der Waals surface area contributed by atoms with Crippen LogP contribution < -0.4 is 5.32 Å². The van der Waals surface area contributed by atoms with Crippen LogP contribution in [0.5, 0.6) is 0 Å². The van der Waals surface area contributed by atoms with Gasteiger partial charge in [0.25, 0.3) is 0 Å². The zero-order chi connectivity index (χ0) is 45.0. The van der Waals surface area contributed by atoms with Crippen LogP contribution >= 0.6 is 0 Å². The number of aliphatic hydroxyl groups is 3. The van der Waals surface area contributed by atoms with Crippen LogP contribution in [-0.4, -0.2) is 111 Å². The Labute approximate surface area is 353 Å². The Bertz CT molecular complexity index is 2100.